The van der Waals surface area contributed by atoms with Gasteiger partial charge in [0, 0.05) is 28.7 Å². The Bertz CT molecular complexity index is 3150. The van der Waals surface area contributed by atoms with Crippen molar-refractivity contribution in [2.75, 3.05) is 4.90 Å². The largest absolute Gasteiger partial charge is 0.455 e. The number of rotatable bonds is 5. The first-order valence-corrected chi connectivity index (χ1v) is 19.8. The van der Waals surface area contributed by atoms with Crippen molar-refractivity contribution >= 4 is 38.8 Å². The molecule has 3 nitrogen and oxygen atoms in total. The Morgan fingerprint density at radius 2 is 0.931 bits per heavy atom. The van der Waals surface area contributed by atoms with E-state index >= 15 is 0 Å². The van der Waals surface area contributed by atoms with E-state index in [4.69, 9.17) is 9.15 Å². The van der Waals surface area contributed by atoms with Crippen LogP contribution in [0.3, 0.4) is 0 Å². The molecule has 2 aliphatic rings. The molecule has 0 bridgehead atoms. The van der Waals surface area contributed by atoms with Crippen molar-refractivity contribution in [3.8, 4) is 44.9 Å². The second-order valence-electron chi connectivity index (χ2n) is 15.2. The quantitative estimate of drug-likeness (QED) is 0.176. The molecule has 0 unspecified atom stereocenters. The molecule has 3 heteroatoms. The lowest BCUT2D eigenvalue weighted by Gasteiger charge is -2.37. The van der Waals surface area contributed by atoms with Gasteiger partial charge in [-0.15, -0.1) is 0 Å². The molecule has 0 saturated heterocycles. The molecule has 0 amide bonds. The second kappa shape index (κ2) is 12.7. The molecule has 0 atom stereocenters. The molecule has 2 heterocycles. The van der Waals surface area contributed by atoms with E-state index in [9.17, 15) is 0 Å². The number of hydrogen-bond donors (Lipinski definition) is 0. The summed E-state index contributed by atoms with van der Waals surface area (Å²) in [6.45, 7) is 0. The topological polar surface area (TPSA) is 25.6 Å². The molecule has 0 saturated carbocycles. The lowest BCUT2D eigenvalue weighted by Crippen LogP contribution is -2.31. The van der Waals surface area contributed by atoms with Crippen LogP contribution >= 0.6 is 0 Å². The molecule has 58 heavy (non-hydrogen) atoms. The number of furan rings is 1. The first-order valence-electron chi connectivity index (χ1n) is 19.8. The highest BCUT2D eigenvalue weighted by Gasteiger charge is 2.54. The number of fused-ring (bicyclic) bond motifs is 12. The van der Waals surface area contributed by atoms with Crippen LogP contribution in [0.5, 0.6) is 11.5 Å². The number of para-hydroxylation sites is 1. The summed E-state index contributed by atoms with van der Waals surface area (Å²) >= 11 is 0. The molecular weight excluding hydrogens is 707 g/mol. The molecule has 1 aliphatic carbocycles. The van der Waals surface area contributed by atoms with Crippen molar-refractivity contribution < 1.29 is 9.15 Å². The number of ether oxygens (including phenoxy) is 1. The molecule has 272 valence electrons. The summed E-state index contributed by atoms with van der Waals surface area (Å²) in [6, 6.07) is 75.9. The van der Waals surface area contributed by atoms with Gasteiger partial charge in [-0.05, 0) is 97.7 Å². The average Bonchev–Trinajstić information content (AvgIpc) is 3.81. The third kappa shape index (κ3) is 4.74. The second-order valence-corrected chi connectivity index (χ2v) is 15.2. The fourth-order valence-electron chi connectivity index (χ4n) is 9.56. The highest BCUT2D eigenvalue weighted by molar-refractivity contribution is 5.97. The number of benzene rings is 9. The van der Waals surface area contributed by atoms with Crippen molar-refractivity contribution in [1.29, 1.82) is 0 Å². The highest BCUT2D eigenvalue weighted by atomic mass is 16.5. The van der Waals surface area contributed by atoms with Gasteiger partial charge in [0.25, 0.3) is 0 Å². The van der Waals surface area contributed by atoms with Gasteiger partial charge in [0.2, 0.25) is 0 Å². The van der Waals surface area contributed by atoms with Crippen LogP contribution < -0.4 is 9.64 Å². The van der Waals surface area contributed by atoms with Crippen molar-refractivity contribution in [3.63, 3.8) is 0 Å². The SMILES string of the molecule is c1ccc(-c2ccc(N(c3ccc(-c4cccc5ccccc45)cc3)c3ccc4c(c3)Oc3c(oc5ccccc35)C43c4ccccc4-c4ccccc43)cc2)cc1. The average molecular weight is 742 g/mol. The van der Waals surface area contributed by atoms with Crippen molar-refractivity contribution in [2.45, 2.75) is 5.41 Å². The summed E-state index contributed by atoms with van der Waals surface area (Å²) in [6.07, 6.45) is 0. The first-order chi connectivity index (χ1) is 28.8. The first kappa shape index (κ1) is 32.6. The van der Waals surface area contributed by atoms with Gasteiger partial charge < -0.3 is 14.1 Å². The number of anilines is 3. The van der Waals surface area contributed by atoms with E-state index in [1.165, 1.54) is 55.3 Å². The standard InChI is InChI=1S/C55H35NO2/c1-2-13-36(14-3-1)37-25-29-40(30-26-37)56(41-31-27-39(28-32-41)44-21-12-16-38-15-4-5-17-43(38)44)42-33-34-50-52(35-42)57-53-47-20-8-11-24-51(47)58-54(53)55(50)48-22-9-6-18-45(48)46-19-7-10-23-49(46)55/h1-35H. The molecule has 1 aromatic heterocycles. The minimum Gasteiger partial charge on any atom is -0.455 e. The van der Waals surface area contributed by atoms with Crippen LogP contribution in [0.25, 0.3) is 55.1 Å². The molecule has 0 fully saturated rings. The van der Waals surface area contributed by atoms with Crippen LogP contribution in [0.1, 0.15) is 22.5 Å². The summed E-state index contributed by atoms with van der Waals surface area (Å²) in [4.78, 5) is 2.33. The molecule has 0 radical (unpaired) electrons. The lowest BCUT2D eigenvalue weighted by molar-refractivity contribution is 0.389. The third-order valence-electron chi connectivity index (χ3n) is 12.1. The Hall–Kier alpha value is -7.62. The van der Waals surface area contributed by atoms with Crippen LogP contribution in [-0.4, -0.2) is 0 Å². The van der Waals surface area contributed by atoms with Crippen LogP contribution in [0.4, 0.5) is 17.1 Å². The van der Waals surface area contributed by atoms with Crippen molar-refractivity contribution in [2.24, 2.45) is 0 Å². The molecule has 0 N–H and O–H groups in total. The molecule has 12 rings (SSSR count). The summed E-state index contributed by atoms with van der Waals surface area (Å²) in [5, 5.41) is 3.44. The Morgan fingerprint density at radius 3 is 1.67 bits per heavy atom. The van der Waals surface area contributed by atoms with E-state index in [0.717, 1.165) is 50.9 Å². The molecule has 9 aromatic carbocycles. The fourth-order valence-corrected chi connectivity index (χ4v) is 9.56. The maximum atomic E-state index is 7.08. The van der Waals surface area contributed by atoms with E-state index in [1.54, 1.807) is 0 Å². The third-order valence-corrected chi connectivity index (χ3v) is 12.1. The Labute approximate surface area is 336 Å². The van der Waals surface area contributed by atoms with Gasteiger partial charge in [0.05, 0.1) is 5.39 Å². The maximum Gasteiger partial charge on any atom is 0.178 e. The van der Waals surface area contributed by atoms with Gasteiger partial charge in [-0.25, -0.2) is 0 Å². The van der Waals surface area contributed by atoms with Crippen LogP contribution in [0.15, 0.2) is 217 Å². The van der Waals surface area contributed by atoms with Crippen LogP contribution in [0, 0.1) is 0 Å². The summed E-state index contributed by atoms with van der Waals surface area (Å²) < 4.78 is 14.0. The highest BCUT2D eigenvalue weighted by Crippen LogP contribution is 2.64. The van der Waals surface area contributed by atoms with Gasteiger partial charge in [0.15, 0.2) is 11.5 Å². The van der Waals surface area contributed by atoms with E-state index in [-0.39, 0.29) is 0 Å². The fraction of sp³-hybridized carbons (Fsp3) is 0.0182. The Balaban J connectivity index is 1.06. The minimum absolute atomic E-state index is 0.698. The molecule has 1 aliphatic heterocycles. The normalized spacial score (nSPS) is 13.1. The van der Waals surface area contributed by atoms with Gasteiger partial charge in [-0.3, -0.25) is 0 Å². The number of hydrogen-bond acceptors (Lipinski definition) is 3. The zero-order valence-corrected chi connectivity index (χ0v) is 31.5. The predicted octanol–water partition coefficient (Wildman–Crippen LogP) is 14.9. The minimum atomic E-state index is -0.698. The van der Waals surface area contributed by atoms with E-state index in [2.05, 4.69) is 205 Å². The summed E-state index contributed by atoms with van der Waals surface area (Å²) in [5.74, 6) is 2.40. The molecule has 10 aromatic rings. The van der Waals surface area contributed by atoms with Crippen LogP contribution in [-0.2, 0) is 5.41 Å². The summed E-state index contributed by atoms with van der Waals surface area (Å²) in [5.41, 5.74) is 13.9. The zero-order chi connectivity index (χ0) is 38.2. The lowest BCUT2D eigenvalue weighted by atomic mass is 9.69. The monoisotopic (exact) mass is 741 g/mol. The number of nitrogens with zero attached hydrogens (tertiary/aromatic N) is 1. The zero-order valence-electron chi connectivity index (χ0n) is 31.5. The maximum absolute atomic E-state index is 7.08. The van der Waals surface area contributed by atoms with Gasteiger partial charge >= 0.3 is 0 Å². The predicted molar refractivity (Wildman–Crippen MR) is 237 cm³/mol. The Kier molecular flexibility index (Phi) is 7.14. The van der Waals surface area contributed by atoms with E-state index < -0.39 is 5.41 Å². The van der Waals surface area contributed by atoms with E-state index in [1.807, 2.05) is 12.1 Å². The van der Waals surface area contributed by atoms with Gasteiger partial charge in [-0.2, -0.15) is 0 Å². The Morgan fingerprint density at radius 1 is 0.379 bits per heavy atom. The van der Waals surface area contributed by atoms with Crippen molar-refractivity contribution in [1.82, 2.24) is 0 Å². The van der Waals surface area contributed by atoms with Gasteiger partial charge in [-0.1, -0.05) is 164 Å². The van der Waals surface area contributed by atoms with Gasteiger partial charge in [0.1, 0.15) is 16.7 Å². The van der Waals surface area contributed by atoms with Crippen molar-refractivity contribution in [3.05, 3.63) is 235 Å². The van der Waals surface area contributed by atoms with Crippen LogP contribution in [0.2, 0.25) is 0 Å². The molecular formula is C55H35NO2. The summed E-state index contributed by atoms with van der Waals surface area (Å²) in [7, 11) is 0. The van der Waals surface area contributed by atoms with E-state index in [0.29, 0.717) is 0 Å². The molecule has 1 spiro atoms. The smallest absolute Gasteiger partial charge is 0.178 e.